The van der Waals surface area contributed by atoms with E-state index in [1.54, 1.807) is 6.07 Å². The van der Waals surface area contributed by atoms with Crippen molar-refractivity contribution >= 4 is 15.9 Å². The molecule has 0 aliphatic heterocycles. The van der Waals surface area contributed by atoms with Gasteiger partial charge < -0.3 is 10.1 Å². The lowest BCUT2D eigenvalue weighted by atomic mass is 9.98. The van der Waals surface area contributed by atoms with E-state index in [-0.39, 0.29) is 11.9 Å². The summed E-state index contributed by atoms with van der Waals surface area (Å²) in [5.41, 5.74) is 1.98. The van der Waals surface area contributed by atoms with Gasteiger partial charge in [0, 0.05) is 4.47 Å². The summed E-state index contributed by atoms with van der Waals surface area (Å²) in [6.45, 7) is 5.44. The van der Waals surface area contributed by atoms with E-state index in [9.17, 15) is 4.39 Å². The van der Waals surface area contributed by atoms with Crippen LogP contribution in [0.3, 0.4) is 0 Å². The maximum atomic E-state index is 13.6. The molecule has 1 N–H and O–H groups in total. The second kappa shape index (κ2) is 7.57. The fourth-order valence-corrected chi connectivity index (χ4v) is 2.78. The molecule has 0 amide bonds. The molecule has 0 saturated carbocycles. The Morgan fingerprint density at radius 1 is 1.10 bits per heavy atom. The summed E-state index contributed by atoms with van der Waals surface area (Å²) in [4.78, 5) is 0. The van der Waals surface area contributed by atoms with Crippen molar-refractivity contribution in [1.29, 1.82) is 0 Å². The SMILES string of the molecule is CCNC(c1ccc(OCC)cc1)c1cc(F)cc(Br)c1. The number of hydrogen-bond donors (Lipinski definition) is 1. The minimum atomic E-state index is -0.242. The van der Waals surface area contributed by atoms with Crippen LogP contribution < -0.4 is 10.1 Å². The molecular weight excluding hydrogens is 333 g/mol. The molecule has 0 radical (unpaired) electrons. The molecule has 0 bridgehead atoms. The van der Waals surface area contributed by atoms with Crippen LogP contribution in [0.2, 0.25) is 0 Å². The highest BCUT2D eigenvalue weighted by atomic mass is 79.9. The van der Waals surface area contributed by atoms with Crippen LogP contribution in [0.5, 0.6) is 5.75 Å². The second-order valence-electron chi connectivity index (χ2n) is 4.70. The van der Waals surface area contributed by atoms with Crippen LogP contribution in [0.25, 0.3) is 0 Å². The molecule has 21 heavy (non-hydrogen) atoms. The zero-order valence-electron chi connectivity index (χ0n) is 12.2. The molecule has 0 aromatic heterocycles. The third-order valence-corrected chi connectivity index (χ3v) is 3.61. The predicted molar refractivity (Wildman–Crippen MR) is 87.2 cm³/mol. The van der Waals surface area contributed by atoms with Crippen molar-refractivity contribution in [3.05, 3.63) is 63.9 Å². The van der Waals surface area contributed by atoms with E-state index in [2.05, 4.69) is 21.2 Å². The van der Waals surface area contributed by atoms with E-state index in [0.29, 0.717) is 6.61 Å². The minimum Gasteiger partial charge on any atom is -0.494 e. The first-order chi connectivity index (χ1) is 10.1. The number of rotatable bonds is 6. The summed E-state index contributed by atoms with van der Waals surface area (Å²) in [5, 5.41) is 3.39. The summed E-state index contributed by atoms with van der Waals surface area (Å²) >= 11 is 3.35. The van der Waals surface area contributed by atoms with Gasteiger partial charge in [-0.2, -0.15) is 0 Å². The van der Waals surface area contributed by atoms with Crippen LogP contribution in [0.4, 0.5) is 4.39 Å². The lowest BCUT2D eigenvalue weighted by Gasteiger charge is -2.20. The van der Waals surface area contributed by atoms with Gasteiger partial charge in [0.05, 0.1) is 12.6 Å². The van der Waals surface area contributed by atoms with Crippen molar-refractivity contribution in [2.75, 3.05) is 13.2 Å². The van der Waals surface area contributed by atoms with Gasteiger partial charge >= 0.3 is 0 Å². The molecule has 0 fully saturated rings. The van der Waals surface area contributed by atoms with Crippen LogP contribution >= 0.6 is 15.9 Å². The molecule has 1 atom stereocenters. The first-order valence-electron chi connectivity index (χ1n) is 7.06. The number of nitrogens with one attached hydrogen (secondary N) is 1. The van der Waals surface area contributed by atoms with Gasteiger partial charge in [0.15, 0.2) is 0 Å². The Morgan fingerprint density at radius 3 is 2.38 bits per heavy atom. The molecule has 112 valence electrons. The Balaban J connectivity index is 2.33. The molecule has 0 heterocycles. The molecule has 2 aromatic rings. The Morgan fingerprint density at radius 2 is 1.81 bits per heavy atom. The van der Waals surface area contributed by atoms with Gasteiger partial charge in [-0.3, -0.25) is 0 Å². The van der Waals surface area contributed by atoms with Crippen LogP contribution in [0, 0.1) is 5.82 Å². The van der Waals surface area contributed by atoms with Gasteiger partial charge in [0.1, 0.15) is 11.6 Å². The number of ether oxygens (including phenoxy) is 1. The smallest absolute Gasteiger partial charge is 0.124 e. The minimum absolute atomic E-state index is 0.0438. The van der Waals surface area contributed by atoms with E-state index in [0.717, 1.165) is 27.9 Å². The Kier molecular flexibility index (Phi) is 5.76. The Bertz CT molecular complexity index is 566. The third kappa shape index (κ3) is 4.29. The normalized spacial score (nSPS) is 12.2. The maximum absolute atomic E-state index is 13.6. The maximum Gasteiger partial charge on any atom is 0.124 e. The van der Waals surface area contributed by atoms with Gasteiger partial charge in [-0.25, -0.2) is 4.39 Å². The van der Waals surface area contributed by atoms with Crippen molar-refractivity contribution in [2.45, 2.75) is 19.9 Å². The zero-order chi connectivity index (χ0) is 15.2. The average Bonchev–Trinajstić information content (AvgIpc) is 2.45. The van der Waals surface area contributed by atoms with E-state index in [1.165, 1.54) is 6.07 Å². The first kappa shape index (κ1) is 16.0. The molecule has 0 aliphatic rings. The molecule has 2 aromatic carbocycles. The molecule has 0 spiro atoms. The van der Waals surface area contributed by atoms with Gasteiger partial charge in [0.25, 0.3) is 0 Å². The van der Waals surface area contributed by atoms with Crippen molar-refractivity contribution in [1.82, 2.24) is 5.32 Å². The fourth-order valence-electron chi connectivity index (χ4n) is 2.30. The molecule has 4 heteroatoms. The van der Waals surface area contributed by atoms with Crippen LogP contribution in [-0.2, 0) is 0 Å². The highest BCUT2D eigenvalue weighted by molar-refractivity contribution is 9.10. The monoisotopic (exact) mass is 351 g/mol. The molecular formula is C17H19BrFNO. The van der Waals surface area contributed by atoms with Gasteiger partial charge in [0.2, 0.25) is 0 Å². The van der Waals surface area contributed by atoms with Crippen molar-refractivity contribution in [3.63, 3.8) is 0 Å². The van der Waals surface area contributed by atoms with E-state index in [1.807, 2.05) is 44.2 Å². The molecule has 0 saturated heterocycles. The Hall–Kier alpha value is -1.39. The topological polar surface area (TPSA) is 21.3 Å². The quantitative estimate of drug-likeness (QED) is 0.815. The van der Waals surface area contributed by atoms with E-state index in [4.69, 9.17) is 4.74 Å². The van der Waals surface area contributed by atoms with Gasteiger partial charge in [-0.1, -0.05) is 35.0 Å². The average molecular weight is 352 g/mol. The van der Waals surface area contributed by atoms with Crippen LogP contribution in [0.15, 0.2) is 46.9 Å². The van der Waals surface area contributed by atoms with E-state index >= 15 is 0 Å². The van der Waals surface area contributed by atoms with Gasteiger partial charge in [-0.05, 0) is 54.9 Å². The number of benzene rings is 2. The second-order valence-corrected chi connectivity index (χ2v) is 5.61. The number of hydrogen-bond acceptors (Lipinski definition) is 2. The van der Waals surface area contributed by atoms with Crippen molar-refractivity contribution in [3.8, 4) is 5.75 Å². The molecule has 2 nitrogen and oxygen atoms in total. The Labute approximate surface area is 133 Å². The van der Waals surface area contributed by atoms with Gasteiger partial charge in [-0.15, -0.1) is 0 Å². The molecule has 2 rings (SSSR count). The summed E-state index contributed by atoms with van der Waals surface area (Å²) in [6, 6.07) is 12.8. The largest absolute Gasteiger partial charge is 0.494 e. The number of halogens is 2. The standard InChI is InChI=1S/C17H19BrFNO/c1-3-20-17(13-9-14(18)11-15(19)10-13)12-5-7-16(8-6-12)21-4-2/h5-11,17,20H,3-4H2,1-2H3. The highest BCUT2D eigenvalue weighted by Gasteiger charge is 2.14. The summed E-state index contributed by atoms with van der Waals surface area (Å²) in [6.07, 6.45) is 0. The van der Waals surface area contributed by atoms with Crippen LogP contribution in [-0.4, -0.2) is 13.2 Å². The summed E-state index contributed by atoms with van der Waals surface area (Å²) in [5.74, 6) is 0.602. The lowest BCUT2D eigenvalue weighted by molar-refractivity contribution is 0.340. The first-order valence-corrected chi connectivity index (χ1v) is 7.85. The lowest BCUT2D eigenvalue weighted by Crippen LogP contribution is -2.22. The fraction of sp³-hybridized carbons (Fsp3) is 0.294. The third-order valence-electron chi connectivity index (χ3n) is 3.15. The van der Waals surface area contributed by atoms with E-state index < -0.39 is 0 Å². The van der Waals surface area contributed by atoms with Crippen molar-refractivity contribution in [2.24, 2.45) is 0 Å². The van der Waals surface area contributed by atoms with Crippen molar-refractivity contribution < 1.29 is 9.13 Å². The summed E-state index contributed by atoms with van der Waals surface area (Å²) in [7, 11) is 0. The zero-order valence-corrected chi connectivity index (χ0v) is 13.8. The molecule has 0 aliphatic carbocycles. The summed E-state index contributed by atoms with van der Waals surface area (Å²) < 4.78 is 19.8. The highest BCUT2D eigenvalue weighted by Crippen LogP contribution is 2.27. The molecule has 1 unspecified atom stereocenters. The van der Waals surface area contributed by atoms with Crippen LogP contribution in [0.1, 0.15) is 31.0 Å². The predicted octanol–water partition coefficient (Wildman–Crippen LogP) is 4.69.